The van der Waals surface area contributed by atoms with Crippen LogP contribution in [0.4, 0.5) is 0 Å². The first-order valence-electron chi connectivity index (χ1n) is 7.47. The number of benzene rings is 1. The van der Waals surface area contributed by atoms with E-state index in [-0.39, 0.29) is 11.7 Å². The van der Waals surface area contributed by atoms with Crippen molar-refractivity contribution in [3.63, 3.8) is 0 Å². The van der Waals surface area contributed by atoms with Crippen molar-refractivity contribution in [1.82, 2.24) is 15.0 Å². The Morgan fingerprint density at radius 2 is 2.00 bits per heavy atom. The molecule has 23 heavy (non-hydrogen) atoms. The van der Waals surface area contributed by atoms with Gasteiger partial charge in [0.15, 0.2) is 11.5 Å². The Bertz CT molecular complexity index is 790. The van der Waals surface area contributed by atoms with Crippen LogP contribution < -0.4 is 0 Å². The van der Waals surface area contributed by atoms with Gasteiger partial charge in [-0.2, -0.15) is 4.98 Å². The van der Waals surface area contributed by atoms with Crippen LogP contribution in [-0.4, -0.2) is 40.5 Å². The van der Waals surface area contributed by atoms with Gasteiger partial charge in [-0.25, -0.2) is 0 Å². The third-order valence-corrected chi connectivity index (χ3v) is 3.95. The predicted octanol–water partition coefficient (Wildman–Crippen LogP) is 2.61. The Labute approximate surface area is 132 Å². The standard InChI is InChI=1S/C17H15N3O3/c21-14(12-5-2-1-3-6-12)11-20-9-13(10-20)17-18-16(19-23-17)15-7-4-8-22-15/h1-8,13H,9-11H2. The minimum atomic E-state index is 0.130. The van der Waals surface area contributed by atoms with Crippen LogP contribution in [0.2, 0.25) is 0 Å². The molecule has 0 spiro atoms. The van der Waals surface area contributed by atoms with E-state index in [1.807, 2.05) is 30.3 Å². The minimum Gasteiger partial charge on any atom is -0.461 e. The highest BCUT2D eigenvalue weighted by atomic mass is 16.5. The smallest absolute Gasteiger partial charge is 0.238 e. The Balaban J connectivity index is 1.34. The van der Waals surface area contributed by atoms with Crippen LogP contribution in [0, 0.1) is 0 Å². The molecule has 116 valence electrons. The van der Waals surface area contributed by atoms with Crippen molar-refractivity contribution < 1.29 is 13.7 Å². The molecular formula is C17H15N3O3. The van der Waals surface area contributed by atoms with E-state index < -0.39 is 0 Å². The summed E-state index contributed by atoms with van der Waals surface area (Å²) in [6.07, 6.45) is 1.58. The molecule has 1 aliphatic heterocycles. The molecule has 1 saturated heterocycles. The maximum absolute atomic E-state index is 12.1. The molecule has 0 N–H and O–H groups in total. The Hall–Kier alpha value is -2.73. The SMILES string of the molecule is O=C(CN1CC(c2nc(-c3ccco3)no2)C1)c1ccccc1. The topological polar surface area (TPSA) is 72.4 Å². The monoisotopic (exact) mass is 309 g/mol. The number of nitrogens with zero attached hydrogens (tertiary/aromatic N) is 3. The van der Waals surface area contributed by atoms with E-state index in [1.54, 1.807) is 18.4 Å². The highest BCUT2D eigenvalue weighted by Gasteiger charge is 2.33. The van der Waals surface area contributed by atoms with Crippen LogP contribution in [0.1, 0.15) is 22.2 Å². The number of likely N-dealkylation sites (tertiary alicyclic amines) is 1. The van der Waals surface area contributed by atoms with Crippen molar-refractivity contribution >= 4 is 5.78 Å². The molecule has 3 aromatic rings. The lowest BCUT2D eigenvalue weighted by Gasteiger charge is -2.36. The summed E-state index contributed by atoms with van der Waals surface area (Å²) in [4.78, 5) is 18.6. The molecule has 0 saturated carbocycles. The van der Waals surface area contributed by atoms with Gasteiger partial charge in [0.1, 0.15) is 0 Å². The molecule has 0 unspecified atom stereocenters. The number of hydrogen-bond donors (Lipinski definition) is 0. The Morgan fingerprint density at radius 3 is 2.74 bits per heavy atom. The summed E-state index contributed by atoms with van der Waals surface area (Å²) in [5.74, 6) is 1.96. The molecule has 6 heteroatoms. The third-order valence-electron chi connectivity index (χ3n) is 3.95. The highest BCUT2D eigenvalue weighted by Crippen LogP contribution is 2.27. The maximum Gasteiger partial charge on any atom is 0.238 e. The number of carbonyl (C=O) groups is 1. The fourth-order valence-corrected chi connectivity index (χ4v) is 2.68. The van der Waals surface area contributed by atoms with Crippen LogP contribution in [0.5, 0.6) is 0 Å². The molecule has 2 aromatic heterocycles. The summed E-state index contributed by atoms with van der Waals surface area (Å²) in [6.45, 7) is 1.91. The zero-order valence-electron chi connectivity index (χ0n) is 12.4. The van der Waals surface area contributed by atoms with E-state index in [0.29, 0.717) is 24.0 Å². The van der Waals surface area contributed by atoms with E-state index in [4.69, 9.17) is 8.94 Å². The molecule has 0 atom stereocenters. The molecule has 6 nitrogen and oxygen atoms in total. The first-order valence-corrected chi connectivity index (χ1v) is 7.47. The lowest BCUT2D eigenvalue weighted by atomic mass is 9.99. The van der Waals surface area contributed by atoms with Gasteiger partial charge in [-0.05, 0) is 12.1 Å². The number of rotatable bonds is 5. The number of aromatic nitrogens is 2. The lowest BCUT2D eigenvalue weighted by Crippen LogP contribution is -2.47. The number of hydrogen-bond acceptors (Lipinski definition) is 6. The Kier molecular flexibility index (Phi) is 3.51. The average Bonchev–Trinajstić information content (AvgIpc) is 3.22. The van der Waals surface area contributed by atoms with Crippen LogP contribution in [-0.2, 0) is 0 Å². The summed E-state index contributed by atoms with van der Waals surface area (Å²) in [5.41, 5.74) is 0.744. The van der Waals surface area contributed by atoms with Crippen molar-refractivity contribution in [3.05, 3.63) is 60.2 Å². The summed E-state index contributed by atoms with van der Waals surface area (Å²) in [5, 5.41) is 3.93. The second-order valence-electron chi connectivity index (χ2n) is 5.61. The van der Waals surface area contributed by atoms with Crippen molar-refractivity contribution in [2.45, 2.75) is 5.92 Å². The zero-order chi connectivity index (χ0) is 15.6. The third kappa shape index (κ3) is 2.80. The van der Waals surface area contributed by atoms with Crippen molar-refractivity contribution in [3.8, 4) is 11.6 Å². The first kappa shape index (κ1) is 13.9. The van der Waals surface area contributed by atoms with Gasteiger partial charge < -0.3 is 8.94 Å². The van der Waals surface area contributed by atoms with E-state index in [2.05, 4.69) is 15.0 Å². The van der Waals surface area contributed by atoms with E-state index in [0.717, 1.165) is 18.7 Å². The summed E-state index contributed by atoms with van der Waals surface area (Å²) < 4.78 is 10.5. The van der Waals surface area contributed by atoms with E-state index in [9.17, 15) is 4.79 Å². The molecule has 1 fully saturated rings. The normalized spacial score (nSPS) is 15.5. The fourth-order valence-electron chi connectivity index (χ4n) is 2.68. The molecule has 1 aliphatic rings. The van der Waals surface area contributed by atoms with E-state index >= 15 is 0 Å². The molecular weight excluding hydrogens is 294 g/mol. The lowest BCUT2D eigenvalue weighted by molar-refractivity contribution is 0.0802. The van der Waals surface area contributed by atoms with Gasteiger partial charge in [0.2, 0.25) is 11.7 Å². The van der Waals surface area contributed by atoms with Crippen LogP contribution in [0.25, 0.3) is 11.6 Å². The van der Waals surface area contributed by atoms with Crippen LogP contribution in [0.3, 0.4) is 0 Å². The molecule has 3 heterocycles. The predicted molar refractivity (Wildman–Crippen MR) is 82.0 cm³/mol. The van der Waals surface area contributed by atoms with Gasteiger partial charge in [-0.1, -0.05) is 35.5 Å². The number of Topliss-reactive ketones (excluding diaryl/α,β-unsaturated/α-hetero) is 1. The van der Waals surface area contributed by atoms with Gasteiger partial charge in [0.25, 0.3) is 0 Å². The molecule has 1 aromatic carbocycles. The second-order valence-corrected chi connectivity index (χ2v) is 5.61. The largest absolute Gasteiger partial charge is 0.461 e. The van der Waals surface area contributed by atoms with Gasteiger partial charge in [-0.15, -0.1) is 0 Å². The highest BCUT2D eigenvalue weighted by molar-refractivity contribution is 5.97. The molecule has 0 amide bonds. The maximum atomic E-state index is 12.1. The van der Waals surface area contributed by atoms with Gasteiger partial charge in [0, 0.05) is 18.7 Å². The summed E-state index contributed by atoms with van der Waals surface area (Å²) in [6, 6.07) is 12.9. The molecule has 4 rings (SSSR count). The molecule has 0 bridgehead atoms. The van der Waals surface area contributed by atoms with E-state index in [1.165, 1.54) is 0 Å². The van der Waals surface area contributed by atoms with Gasteiger partial charge >= 0.3 is 0 Å². The summed E-state index contributed by atoms with van der Waals surface area (Å²) in [7, 11) is 0. The van der Waals surface area contributed by atoms with Gasteiger partial charge in [-0.3, -0.25) is 9.69 Å². The van der Waals surface area contributed by atoms with Crippen molar-refractivity contribution in [1.29, 1.82) is 0 Å². The number of furan rings is 1. The average molecular weight is 309 g/mol. The molecule has 0 aliphatic carbocycles. The fraction of sp³-hybridized carbons (Fsp3) is 0.235. The zero-order valence-corrected chi connectivity index (χ0v) is 12.4. The first-order chi connectivity index (χ1) is 11.3. The molecule has 0 radical (unpaired) electrons. The number of carbonyl (C=O) groups excluding carboxylic acids is 1. The summed E-state index contributed by atoms with van der Waals surface area (Å²) >= 11 is 0. The second kappa shape index (κ2) is 5.81. The van der Waals surface area contributed by atoms with Crippen molar-refractivity contribution in [2.75, 3.05) is 19.6 Å². The quantitative estimate of drug-likeness (QED) is 0.675. The number of ketones is 1. The van der Waals surface area contributed by atoms with Crippen molar-refractivity contribution in [2.24, 2.45) is 0 Å². The van der Waals surface area contributed by atoms with Crippen LogP contribution in [0.15, 0.2) is 57.7 Å². The van der Waals surface area contributed by atoms with Crippen LogP contribution >= 0.6 is 0 Å². The Morgan fingerprint density at radius 1 is 1.17 bits per heavy atom. The minimum absolute atomic E-state index is 0.130. The van der Waals surface area contributed by atoms with Gasteiger partial charge in [0.05, 0.1) is 18.7 Å².